The summed E-state index contributed by atoms with van der Waals surface area (Å²) in [7, 11) is 0. The van der Waals surface area contributed by atoms with Crippen molar-refractivity contribution in [3.05, 3.63) is 59.7 Å². The number of fused-ring (bicyclic) bond motifs is 3. The summed E-state index contributed by atoms with van der Waals surface area (Å²) in [5, 5.41) is 12.1. The molecule has 114 valence electrons. The fraction of sp³-hybridized carbons (Fsp3) is 0.316. The van der Waals surface area contributed by atoms with Crippen LogP contribution in [0.5, 0.6) is 0 Å². The van der Waals surface area contributed by atoms with Crippen molar-refractivity contribution in [1.29, 1.82) is 0 Å². The fourth-order valence-corrected chi connectivity index (χ4v) is 3.49. The van der Waals surface area contributed by atoms with E-state index in [0.29, 0.717) is 0 Å². The first-order valence-corrected chi connectivity index (χ1v) is 7.57. The van der Waals surface area contributed by atoms with Crippen LogP contribution < -0.4 is 5.32 Å². The fourth-order valence-electron chi connectivity index (χ4n) is 3.49. The molecule has 2 aromatic carbocycles. The topological polar surface area (TPSA) is 49.3 Å². The van der Waals surface area contributed by atoms with Gasteiger partial charge in [0.25, 0.3) is 0 Å². The molecule has 0 saturated carbocycles. The zero-order chi connectivity index (χ0) is 15.9. The van der Waals surface area contributed by atoms with Gasteiger partial charge in [-0.3, -0.25) is 0 Å². The van der Waals surface area contributed by atoms with E-state index < -0.39 is 6.09 Å². The zero-order valence-corrected chi connectivity index (χ0v) is 13.1. The second-order valence-electron chi connectivity index (χ2n) is 6.95. The summed E-state index contributed by atoms with van der Waals surface area (Å²) in [6.45, 7) is 6.24. The molecule has 2 aromatic rings. The summed E-state index contributed by atoms with van der Waals surface area (Å²) in [6.07, 6.45) is -0.971. The van der Waals surface area contributed by atoms with Gasteiger partial charge in [0.2, 0.25) is 0 Å². The Hall–Kier alpha value is -2.29. The average Bonchev–Trinajstić information content (AvgIpc) is 2.78. The van der Waals surface area contributed by atoms with Gasteiger partial charge in [-0.25, -0.2) is 4.79 Å². The molecule has 0 heterocycles. The van der Waals surface area contributed by atoms with Gasteiger partial charge in [-0.2, -0.15) is 0 Å². The first kappa shape index (κ1) is 14.6. The summed E-state index contributed by atoms with van der Waals surface area (Å²) < 4.78 is 0. The molecule has 0 aliphatic heterocycles. The van der Waals surface area contributed by atoms with Gasteiger partial charge in [0.1, 0.15) is 0 Å². The molecule has 0 aromatic heterocycles. The van der Waals surface area contributed by atoms with Crippen LogP contribution in [0.4, 0.5) is 4.79 Å². The van der Waals surface area contributed by atoms with Gasteiger partial charge in [0.15, 0.2) is 0 Å². The summed E-state index contributed by atoms with van der Waals surface area (Å²) in [4.78, 5) is 11.3. The van der Waals surface area contributed by atoms with Crippen LogP contribution in [-0.2, 0) is 0 Å². The number of hydrogen-bond donors (Lipinski definition) is 2. The normalized spacial score (nSPS) is 15.0. The van der Waals surface area contributed by atoms with Crippen LogP contribution in [-0.4, -0.2) is 17.2 Å². The number of carbonyl (C=O) groups is 1. The van der Waals surface area contributed by atoms with Crippen molar-refractivity contribution in [3.63, 3.8) is 0 Å². The Balaban J connectivity index is 2.18. The molecule has 0 bridgehead atoms. The SMILES string of the molecule is CC(C)(C)C(NC(=O)O)C1c2ccccc2-c2ccccc21. The second kappa shape index (κ2) is 5.16. The highest BCUT2D eigenvalue weighted by molar-refractivity contribution is 5.79. The maximum atomic E-state index is 11.3. The molecule has 22 heavy (non-hydrogen) atoms. The second-order valence-corrected chi connectivity index (χ2v) is 6.95. The molecule has 3 rings (SSSR count). The van der Waals surface area contributed by atoms with E-state index >= 15 is 0 Å². The van der Waals surface area contributed by atoms with Crippen molar-refractivity contribution in [1.82, 2.24) is 5.32 Å². The summed E-state index contributed by atoms with van der Waals surface area (Å²) in [5.74, 6) is 0.0449. The highest BCUT2D eigenvalue weighted by Crippen LogP contribution is 2.49. The lowest BCUT2D eigenvalue weighted by atomic mass is 9.75. The van der Waals surface area contributed by atoms with Crippen molar-refractivity contribution < 1.29 is 9.90 Å². The average molecular weight is 295 g/mol. The minimum atomic E-state index is -0.971. The van der Waals surface area contributed by atoms with E-state index in [-0.39, 0.29) is 17.4 Å². The molecular formula is C19H21NO2. The molecule has 1 unspecified atom stereocenters. The van der Waals surface area contributed by atoms with Crippen LogP contribution in [0.1, 0.15) is 37.8 Å². The van der Waals surface area contributed by atoms with Gasteiger partial charge in [0, 0.05) is 12.0 Å². The first-order valence-electron chi connectivity index (χ1n) is 7.57. The first-order chi connectivity index (χ1) is 10.4. The van der Waals surface area contributed by atoms with E-state index in [1.165, 1.54) is 22.3 Å². The zero-order valence-electron chi connectivity index (χ0n) is 13.1. The molecule has 1 amide bonds. The van der Waals surface area contributed by atoms with E-state index in [4.69, 9.17) is 0 Å². The van der Waals surface area contributed by atoms with Crippen molar-refractivity contribution in [2.45, 2.75) is 32.7 Å². The summed E-state index contributed by atoms with van der Waals surface area (Å²) >= 11 is 0. The van der Waals surface area contributed by atoms with Crippen molar-refractivity contribution in [3.8, 4) is 11.1 Å². The van der Waals surface area contributed by atoms with Crippen LogP contribution in [0, 0.1) is 5.41 Å². The predicted octanol–water partition coefficient (Wildman–Crippen LogP) is 4.48. The van der Waals surface area contributed by atoms with Gasteiger partial charge >= 0.3 is 6.09 Å². The number of hydrogen-bond acceptors (Lipinski definition) is 1. The van der Waals surface area contributed by atoms with Crippen molar-refractivity contribution in [2.75, 3.05) is 0 Å². The maximum Gasteiger partial charge on any atom is 0.404 e. The Labute approximate surface area is 131 Å². The number of rotatable bonds is 2. The Morgan fingerprint density at radius 3 is 1.86 bits per heavy atom. The van der Waals surface area contributed by atoms with Gasteiger partial charge < -0.3 is 10.4 Å². The molecule has 0 radical (unpaired) electrons. The Bertz CT molecular complexity index is 670. The highest BCUT2D eigenvalue weighted by atomic mass is 16.4. The Morgan fingerprint density at radius 2 is 1.45 bits per heavy atom. The molecule has 0 fully saturated rings. The lowest BCUT2D eigenvalue weighted by Crippen LogP contribution is -2.47. The molecule has 1 aliphatic rings. The molecule has 0 saturated heterocycles. The van der Waals surface area contributed by atoms with Gasteiger partial charge in [0.05, 0.1) is 0 Å². The van der Waals surface area contributed by atoms with E-state index in [1.807, 2.05) is 24.3 Å². The third-order valence-electron chi connectivity index (χ3n) is 4.43. The van der Waals surface area contributed by atoms with Crippen LogP contribution in [0.3, 0.4) is 0 Å². The number of carboxylic acid groups (broad SMARTS) is 1. The molecule has 1 aliphatic carbocycles. The standard InChI is InChI=1S/C19H21NO2/c1-19(2,3)17(20-18(21)22)16-14-10-6-4-8-12(14)13-9-5-7-11-15(13)16/h4-11,16-17,20H,1-3H3,(H,21,22). The maximum absolute atomic E-state index is 11.3. The van der Waals surface area contributed by atoms with Crippen molar-refractivity contribution >= 4 is 6.09 Å². The van der Waals surface area contributed by atoms with Crippen LogP contribution in [0.15, 0.2) is 48.5 Å². The highest BCUT2D eigenvalue weighted by Gasteiger charge is 2.40. The number of nitrogens with one attached hydrogen (secondary N) is 1. The predicted molar refractivity (Wildman–Crippen MR) is 88.1 cm³/mol. The molecule has 3 heteroatoms. The lowest BCUT2D eigenvalue weighted by molar-refractivity contribution is 0.170. The molecule has 0 spiro atoms. The molecule has 3 nitrogen and oxygen atoms in total. The van der Waals surface area contributed by atoms with Crippen LogP contribution in [0.2, 0.25) is 0 Å². The summed E-state index contributed by atoms with van der Waals surface area (Å²) in [5.41, 5.74) is 4.65. The smallest absolute Gasteiger partial charge is 0.404 e. The van der Waals surface area contributed by atoms with Crippen molar-refractivity contribution in [2.24, 2.45) is 5.41 Å². The van der Waals surface area contributed by atoms with E-state index in [9.17, 15) is 9.90 Å². The van der Waals surface area contributed by atoms with E-state index in [2.05, 4.69) is 50.4 Å². The third-order valence-corrected chi connectivity index (χ3v) is 4.43. The lowest BCUT2D eigenvalue weighted by Gasteiger charge is -2.36. The largest absolute Gasteiger partial charge is 0.465 e. The number of benzene rings is 2. The van der Waals surface area contributed by atoms with E-state index in [1.54, 1.807) is 0 Å². The Kier molecular flexibility index (Phi) is 3.44. The number of amides is 1. The van der Waals surface area contributed by atoms with Gasteiger partial charge in [-0.15, -0.1) is 0 Å². The monoisotopic (exact) mass is 295 g/mol. The minimum Gasteiger partial charge on any atom is -0.465 e. The quantitative estimate of drug-likeness (QED) is 0.858. The van der Waals surface area contributed by atoms with Crippen LogP contribution in [0.25, 0.3) is 11.1 Å². The van der Waals surface area contributed by atoms with Crippen LogP contribution >= 0.6 is 0 Å². The van der Waals surface area contributed by atoms with Gasteiger partial charge in [-0.1, -0.05) is 69.3 Å². The summed E-state index contributed by atoms with van der Waals surface area (Å²) in [6, 6.07) is 16.4. The van der Waals surface area contributed by atoms with E-state index in [0.717, 1.165) is 0 Å². The Morgan fingerprint density at radius 1 is 1.00 bits per heavy atom. The van der Waals surface area contributed by atoms with Gasteiger partial charge in [-0.05, 0) is 27.7 Å². The minimum absolute atomic E-state index is 0.0449. The molecule has 1 atom stereocenters. The third kappa shape index (κ3) is 2.37. The molecular weight excluding hydrogens is 274 g/mol. The molecule has 2 N–H and O–H groups in total.